The van der Waals surface area contributed by atoms with E-state index in [0.717, 1.165) is 37.3 Å². The average molecular weight is 443 g/mol. The Labute approximate surface area is 189 Å². The second-order valence-electron chi connectivity index (χ2n) is 7.94. The molecule has 0 saturated carbocycles. The molecule has 2 aromatic rings. The number of carbonyl (C=O) groups is 1. The molecule has 1 aliphatic heterocycles. The van der Waals surface area contributed by atoms with Crippen LogP contribution >= 0.6 is 12.2 Å². The van der Waals surface area contributed by atoms with Crippen molar-refractivity contribution in [2.45, 2.75) is 39.2 Å². The molecule has 0 aliphatic carbocycles. The first-order valence-corrected chi connectivity index (χ1v) is 11.1. The summed E-state index contributed by atoms with van der Waals surface area (Å²) in [6, 6.07) is 14.5. The van der Waals surface area contributed by atoms with Gasteiger partial charge in [-0.25, -0.2) is 0 Å². The molecule has 0 spiro atoms. The van der Waals surface area contributed by atoms with E-state index in [1.165, 1.54) is 0 Å². The highest BCUT2D eigenvalue weighted by molar-refractivity contribution is 7.80. The average Bonchev–Trinajstić information content (AvgIpc) is 3.27. The third-order valence-corrected chi connectivity index (χ3v) is 5.06. The standard InChI is InChI=1S/C24H30N2O4S/c1-17(2)12-14-29-21-6-3-5-18(15-21)23(27)26-24(31)25-19-8-10-20(11-9-19)30-16-22-7-4-13-28-22/h3,5-6,8-11,15,17,22H,4,7,12-14,16H2,1-2H3,(H2,25,26,27,31)/t22-/m1/s1. The van der Waals surface area contributed by atoms with E-state index in [1.54, 1.807) is 18.2 Å². The van der Waals surface area contributed by atoms with Gasteiger partial charge in [-0.15, -0.1) is 0 Å². The van der Waals surface area contributed by atoms with Gasteiger partial charge in [0.15, 0.2) is 5.11 Å². The van der Waals surface area contributed by atoms with Crippen LogP contribution in [0.2, 0.25) is 0 Å². The van der Waals surface area contributed by atoms with Gasteiger partial charge in [0.25, 0.3) is 5.91 Å². The number of carbonyl (C=O) groups excluding carboxylic acids is 1. The zero-order valence-electron chi connectivity index (χ0n) is 18.1. The number of rotatable bonds is 9. The molecule has 1 atom stereocenters. The predicted molar refractivity (Wildman–Crippen MR) is 126 cm³/mol. The highest BCUT2D eigenvalue weighted by Crippen LogP contribution is 2.19. The molecule has 1 aliphatic rings. The van der Waals surface area contributed by atoms with E-state index in [4.69, 9.17) is 26.4 Å². The van der Waals surface area contributed by atoms with Crippen molar-refractivity contribution in [1.82, 2.24) is 5.32 Å². The van der Waals surface area contributed by atoms with Crippen molar-refractivity contribution in [1.29, 1.82) is 0 Å². The van der Waals surface area contributed by atoms with Gasteiger partial charge in [0.1, 0.15) is 18.1 Å². The monoisotopic (exact) mass is 442 g/mol. The first kappa shape index (κ1) is 23.0. The molecule has 31 heavy (non-hydrogen) atoms. The quantitative estimate of drug-likeness (QED) is 0.544. The summed E-state index contributed by atoms with van der Waals surface area (Å²) in [7, 11) is 0. The maximum absolute atomic E-state index is 12.5. The van der Waals surface area contributed by atoms with Crippen LogP contribution in [0, 0.1) is 5.92 Å². The highest BCUT2D eigenvalue weighted by atomic mass is 32.1. The molecule has 7 heteroatoms. The number of ether oxygens (including phenoxy) is 3. The van der Waals surface area contributed by atoms with Crippen LogP contribution in [0.15, 0.2) is 48.5 Å². The Morgan fingerprint density at radius 2 is 1.97 bits per heavy atom. The molecule has 0 unspecified atom stereocenters. The molecule has 1 saturated heterocycles. The first-order chi connectivity index (χ1) is 15.0. The van der Waals surface area contributed by atoms with Gasteiger partial charge >= 0.3 is 0 Å². The summed E-state index contributed by atoms with van der Waals surface area (Å²) in [5, 5.41) is 5.94. The van der Waals surface area contributed by atoms with Crippen LogP contribution in [0.25, 0.3) is 0 Å². The van der Waals surface area contributed by atoms with E-state index < -0.39 is 0 Å². The summed E-state index contributed by atoms with van der Waals surface area (Å²) >= 11 is 5.28. The third-order valence-electron chi connectivity index (χ3n) is 4.86. The fourth-order valence-corrected chi connectivity index (χ4v) is 3.29. The zero-order valence-corrected chi connectivity index (χ0v) is 18.9. The lowest BCUT2D eigenvalue weighted by atomic mass is 10.1. The van der Waals surface area contributed by atoms with Crippen molar-refractivity contribution in [2.75, 3.05) is 25.1 Å². The molecule has 0 aromatic heterocycles. The van der Waals surface area contributed by atoms with Crippen LogP contribution in [0.4, 0.5) is 5.69 Å². The van der Waals surface area contributed by atoms with E-state index in [0.29, 0.717) is 30.4 Å². The summed E-state index contributed by atoms with van der Waals surface area (Å²) in [5.41, 5.74) is 1.25. The minimum absolute atomic E-state index is 0.180. The number of hydrogen-bond acceptors (Lipinski definition) is 5. The maximum Gasteiger partial charge on any atom is 0.257 e. The second kappa shape index (κ2) is 11.7. The van der Waals surface area contributed by atoms with Crippen molar-refractivity contribution < 1.29 is 19.0 Å². The van der Waals surface area contributed by atoms with E-state index >= 15 is 0 Å². The summed E-state index contributed by atoms with van der Waals surface area (Å²) in [4.78, 5) is 12.5. The van der Waals surface area contributed by atoms with Crippen LogP contribution < -0.4 is 20.1 Å². The van der Waals surface area contributed by atoms with E-state index in [2.05, 4.69) is 24.5 Å². The lowest BCUT2D eigenvalue weighted by molar-refractivity contribution is 0.0679. The molecule has 0 bridgehead atoms. The van der Waals surface area contributed by atoms with Gasteiger partial charge in [0.2, 0.25) is 0 Å². The lowest BCUT2D eigenvalue weighted by Crippen LogP contribution is -2.34. The van der Waals surface area contributed by atoms with Crippen LogP contribution in [0.1, 0.15) is 43.5 Å². The third kappa shape index (κ3) is 7.84. The number of nitrogens with one attached hydrogen (secondary N) is 2. The van der Waals surface area contributed by atoms with Gasteiger partial charge in [-0.1, -0.05) is 19.9 Å². The second-order valence-corrected chi connectivity index (χ2v) is 8.35. The minimum atomic E-state index is -0.289. The summed E-state index contributed by atoms with van der Waals surface area (Å²) in [5.74, 6) is 1.72. The highest BCUT2D eigenvalue weighted by Gasteiger charge is 2.16. The molecule has 1 heterocycles. The van der Waals surface area contributed by atoms with Gasteiger partial charge in [-0.3, -0.25) is 10.1 Å². The molecule has 1 fully saturated rings. The van der Waals surface area contributed by atoms with Gasteiger partial charge in [-0.05, 0) is 79.9 Å². The topological polar surface area (TPSA) is 68.8 Å². The van der Waals surface area contributed by atoms with Crippen molar-refractivity contribution in [3.8, 4) is 11.5 Å². The molecule has 2 N–H and O–H groups in total. The predicted octanol–water partition coefficient (Wildman–Crippen LogP) is 4.80. The number of amides is 1. The summed E-state index contributed by atoms with van der Waals surface area (Å²) < 4.78 is 17.0. The van der Waals surface area contributed by atoms with Gasteiger partial charge < -0.3 is 19.5 Å². The molecule has 0 radical (unpaired) electrons. The van der Waals surface area contributed by atoms with Crippen molar-refractivity contribution in [3.63, 3.8) is 0 Å². The number of hydrogen-bond donors (Lipinski definition) is 2. The molecule has 3 rings (SSSR count). The smallest absolute Gasteiger partial charge is 0.257 e. The Balaban J connectivity index is 1.45. The SMILES string of the molecule is CC(C)CCOc1cccc(C(=O)NC(=S)Nc2ccc(OC[C@H]3CCCO3)cc2)c1. The Morgan fingerprint density at radius 3 is 2.68 bits per heavy atom. The van der Waals surface area contributed by atoms with Gasteiger partial charge in [0, 0.05) is 17.9 Å². The lowest BCUT2D eigenvalue weighted by Gasteiger charge is -2.13. The van der Waals surface area contributed by atoms with Crippen molar-refractivity contribution in [2.24, 2.45) is 5.92 Å². The van der Waals surface area contributed by atoms with Crippen molar-refractivity contribution >= 4 is 28.9 Å². The molecule has 6 nitrogen and oxygen atoms in total. The molecule has 1 amide bonds. The number of anilines is 1. The Bertz CT molecular complexity index is 864. The Morgan fingerprint density at radius 1 is 1.16 bits per heavy atom. The van der Waals surface area contributed by atoms with Crippen LogP contribution in [0.3, 0.4) is 0 Å². The summed E-state index contributed by atoms with van der Waals surface area (Å²) in [6.45, 7) is 6.29. The Kier molecular flexibility index (Phi) is 8.67. The maximum atomic E-state index is 12.5. The van der Waals surface area contributed by atoms with Crippen LogP contribution in [0.5, 0.6) is 11.5 Å². The fraction of sp³-hybridized carbons (Fsp3) is 0.417. The van der Waals surface area contributed by atoms with Gasteiger partial charge in [-0.2, -0.15) is 0 Å². The number of thiocarbonyl (C=S) groups is 1. The van der Waals surface area contributed by atoms with Crippen LogP contribution in [-0.2, 0) is 4.74 Å². The van der Waals surface area contributed by atoms with E-state index in [1.807, 2.05) is 30.3 Å². The number of benzene rings is 2. The van der Waals surface area contributed by atoms with Crippen molar-refractivity contribution in [3.05, 3.63) is 54.1 Å². The zero-order chi connectivity index (χ0) is 22.1. The normalized spacial score (nSPS) is 15.5. The minimum Gasteiger partial charge on any atom is -0.494 e. The first-order valence-electron chi connectivity index (χ1n) is 10.7. The fourth-order valence-electron chi connectivity index (χ4n) is 3.08. The molecular formula is C24H30N2O4S. The molecule has 2 aromatic carbocycles. The van der Waals surface area contributed by atoms with E-state index in [-0.39, 0.29) is 17.1 Å². The van der Waals surface area contributed by atoms with Crippen LogP contribution in [-0.4, -0.2) is 36.9 Å². The molecule has 166 valence electrons. The largest absolute Gasteiger partial charge is 0.494 e. The Hall–Kier alpha value is -2.64. The molecular weight excluding hydrogens is 412 g/mol. The van der Waals surface area contributed by atoms with E-state index in [9.17, 15) is 4.79 Å². The van der Waals surface area contributed by atoms with Gasteiger partial charge in [0.05, 0.1) is 12.7 Å². The summed E-state index contributed by atoms with van der Waals surface area (Å²) in [6.07, 6.45) is 3.28.